The maximum absolute atomic E-state index is 12.6. The molecule has 0 fully saturated rings. The predicted octanol–water partition coefficient (Wildman–Crippen LogP) is 8.18. The molecule has 0 spiro atoms. The summed E-state index contributed by atoms with van der Waals surface area (Å²) in [6.45, 7) is 1.69. The van der Waals surface area contributed by atoms with Gasteiger partial charge in [-0.05, 0) is 102 Å². The van der Waals surface area contributed by atoms with Crippen molar-refractivity contribution in [2.45, 2.75) is 37.8 Å². The van der Waals surface area contributed by atoms with Crippen molar-refractivity contribution in [3.05, 3.63) is 84.1 Å². The van der Waals surface area contributed by atoms with Gasteiger partial charge in [-0.25, -0.2) is 18.9 Å². The van der Waals surface area contributed by atoms with E-state index in [-0.39, 0.29) is 78.1 Å². The molecule has 35 heteroatoms. The van der Waals surface area contributed by atoms with E-state index in [0.29, 0.717) is 29.0 Å². The second kappa shape index (κ2) is 24.5. The Hall–Kier alpha value is -5.93. The van der Waals surface area contributed by atoms with Gasteiger partial charge >= 0.3 is 5.97 Å². The van der Waals surface area contributed by atoms with E-state index in [1.165, 1.54) is 30.3 Å². The minimum atomic E-state index is -5.17. The third-order valence-corrected chi connectivity index (χ3v) is 14.4. The molecule has 1 heterocycles. The molecule has 0 unspecified atom stereocenters. The van der Waals surface area contributed by atoms with Crippen LogP contribution in [-0.2, 0) is 57.8 Å². The van der Waals surface area contributed by atoms with Crippen LogP contribution in [-0.4, -0.2) is 87.9 Å². The number of azo groups is 2. The Balaban J connectivity index is 0.00000937. The van der Waals surface area contributed by atoms with E-state index in [1.54, 1.807) is 31.2 Å². The Morgan fingerprint density at radius 2 is 1.38 bits per heavy atom. The number of phenols is 1. The quantitative estimate of drug-likeness (QED) is 0.00603. The van der Waals surface area contributed by atoms with Crippen LogP contribution in [0.2, 0.25) is 5.28 Å². The number of aromatic nitrogens is 3. The van der Waals surface area contributed by atoms with E-state index in [0.717, 1.165) is 36.3 Å². The maximum atomic E-state index is 12.6. The highest BCUT2D eigenvalue weighted by molar-refractivity contribution is 7.96. The third kappa shape index (κ3) is 14.8. The molecule has 378 valence electrons. The smallest absolute Gasteiger partial charge is 0.330 e. The molecular formula is C36H33ClN10O18S6. The molecule has 0 radical (unpaired) electrons. The van der Waals surface area contributed by atoms with E-state index in [1.807, 2.05) is 0 Å². The number of aromatic hydroxyl groups is 1. The van der Waals surface area contributed by atoms with E-state index in [4.69, 9.17) is 32.0 Å². The molecule has 6 aromatic rings. The normalized spacial score (nSPS) is 12.1. The van der Waals surface area contributed by atoms with Crippen LogP contribution in [0.3, 0.4) is 0 Å². The summed E-state index contributed by atoms with van der Waals surface area (Å²) in [4.78, 5) is 22.6. The van der Waals surface area contributed by atoms with Crippen molar-refractivity contribution in [1.82, 2.24) is 15.0 Å². The number of benzene rings is 5. The number of carbonyl (C=O) groups is 1. The number of nitrogens with one attached hydrogen (secondary N) is 2. The van der Waals surface area contributed by atoms with Crippen LogP contribution in [0.5, 0.6) is 5.75 Å². The van der Waals surface area contributed by atoms with Crippen molar-refractivity contribution >= 4 is 146 Å². The molecule has 5 aromatic carbocycles. The molecule has 0 amide bonds. The van der Waals surface area contributed by atoms with Gasteiger partial charge in [0.1, 0.15) is 32.6 Å². The molecular weight excluding hydrogens is 1090 g/mol. The zero-order chi connectivity index (χ0) is 50.8. The summed E-state index contributed by atoms with van der Waals surface area (Å²) in [5, 5.41) is 56.3. The van der Waals surface area contributed by atoms with Crippen LogP contribution in [0.1, 0.15) is 13.3 Å². The lowest BCUT2D eigenvalue weighted by atomic mass is 10.1. The minimum Gasteiger partial charge on any atom is -0.505 e. The molecule has 28 nitrogen and oxygen atoms in total. The first kappa shape index (κ1) is 56.0. The average molecular weight is 1120 g/mol. The fourth-order valence-corrected chi connectivity index (χ4v) is 9.83. The molecule has 0 bridgehead atoms. The molecule has 0 saturated carbocycles. The minimum absolute atomic E-state index is 0. The van der Waals surface area contributed by atoms with Gasteiger partial charge in [-0.3, -0.25) is 13.9 Å². The van der Waals surface area contributed by atoms with E-state index in [2.05, 4.69) is 64.8 Å². The summed E-state index contributed by atoms with van der Waals surface area (Å²) in [5.41, 5.74) is 4.70. The Kier molecular flexibility index (Phi) is 19.3. The Morgan fingerprint density at radius 1 is 0.761 bits per heavy atom. The standard InChI is InChI=1S/C36H31ClN10O17S6.H2O/c1-2-13-68(52,53)23-10-5-20(6-11-23)44-47-32-27(70(57,58)59)15-18-14-25(67-64-62-51)31(30(38)29(18)33(32)49)46-45-24-16-21(7-12-26(24)69(54,55)56)40-36-42-34(37)41-35(43-36)39-19-3-8-22(9-4-19)66-60-28(48)17-65-63-61-50;/h3-12,14-16,49-51H,2,13,17,38H2,1H3,(H,54,55,56)(H,57,58,59)(H2,39,40,41,42,43);1H2. The molecule has 0 saturated heterocycles. The van der Waals surface area contributed by atoms with Gasteiger partial charge in [-0.15, -0.1) is 24.0 Å². The fourth-order valence-electron chi connectivity index (χ4n) is 5.76. The molecule has 71 heavy (non-hydrogen) atoms. The second-order valence-corrected chi connectivity index (χ2v) is 20.8. The average Bonchev–Trinajstić information content (AvgIpc) is 3.29. The van der Waals surface area contributed by atoms with Crippen molar-refractivity contribution in [3.63, 3.8) is 0 Å². The van der Waals surface area contributed by atoms with Crippen LogP contribution in [0, 0.1) is 0 Å². The van der Waals surface area contributed by atoms with Crippen molar-refractivity contribution in [2.75, 3.05) is 27.9 Å². The molecule has 6 rings (SSSR count). The maximum Gasteiger partial charge on any atom is 0.330 e. The van der Waals surface area contributed by atoms with Crippen LogP contribution < -0.4 is 16.4 Å². The molecule has 0 atom stereocenters. The molecule has 11 N–H and O–H groups in total. The number of phenolic OH excluding ortho intramolecular Hbond substituents is 1. The van der Waals surface area contributed by atoms with E-state index >= 15 is 0 Å². The Morgan fingerprint density at radius 3 is 2.00 bits per heavy atom. The largest absolute Gasteiger partial charge is 0.505 e. The first-order chi connectivity index (χ1) is 33.2. The number of anilines is 5. The first-order valence-electron chi connectivity index (χ1n) is 18.8. The van der Waals surface area contributed by atoms with Gasteiger partial charge in [0.05, 0.1) is 56.4 Å². The molecule has 1 aromatic heterocycles. The highest BCUT2D eigenvalue weighted by Crippen LogP contribution is 2.50. The first-order valence-corrected chi connectivity index (χ1v) is 26.1. The highest BCUT2D eigenvalue weighted by Gasteiger charge is 2.26. The summed E-state index contributed by atoms with van der Waals surface area (Å²) in [6.07, 6.45) is 0.362. The van der Waals surface area contributed by atoms with Crippen molar-refractivity contribution in [1.29, 1.82) is 0 Å². The molecule has 0 aliphatic heterocycles. The third-order valence-electron chi connectivity index (χ3n) is 8.64. The topological polar surface area (TPSA) is 436 Å². The summed E-state index contributed by atoms with van der Waals surface area (Å²) < 4.78 is 109. The number of fused-ring (bicyclic) bond motifs is 1. The van der Waals surface area contributed by atoms with Crippen molar-refractivity contribution in [3.8, 4) is 5.75 Å². The lowest BCUT2D eigenvalue weighted by molar-refractivity contribution is -0.432. The monoisotopic (exact) mass is 1120 g/mol. The van der Waals surface area contributed by atoms with Gasteiger partial charge in [0, 0.05) is 28.3 Å². The number of halogens is 1. The number of nitrogen functional groups attached to an aromatic ring is 1. The van der Waals surface area contributed by atoms with Gasteiger partial charge in [0.2, 0.25) is 17.2 Å². The number of sulfone groups is 1. The van der Waals surface area contributed by atoms with Crippen LogP contribution >= 0.6 is 47.7 Å². The molecule has 0 aliphatic rings. The zero-order valence-corrected chi connectivity index (χ0v) is 41.0. The molecule has 0 aliphatic carbocycles. The number of carbonyl (C=O) groups excluding carboxylic acids is 1. The Labute approximate surface area is 418 Å². The van der Waals surface area contributed by atoms with Gasteiger partial charge < -0.3 is 31.1 Å². The van der Waals surface area contributed by atoms with Crippen LogP contribution in [0.25, 0.3) is 10.8 Å². The number of rotatable bonds is 22. The lowest BCUT2D eigenvalue weighted by Gasteiger charge is -2.14. The SMILES string of the molecule is CCCS(=O)(=O)c1ccc(N=Nc2c(S(=O)(=O)O)cc3cc(SOOO)c(N=Nc4cc(Nc5nc(Cl)nc(Nc6ccc(SOC(=O)CSOOO)cc6)n5)ccc4S(=O)(=O)O)c(N)c3c2O)cc1.O. The summed E-state index contributed by atoms with van der Waals surface area (Å²) >= 11 is 7.67. The number of nitrogens with two attached hydrogens (primary N) is 1. The summed E-state index contributed by atoms with van der Waals surface area (Å²) in [5.74, 6) is -2.28. The highest BCUT2D eigenvalue weighted by atomic mass is 35.5. The van der Waals surface area contributed by atoms with E-state index < -0.39 is 74.3 Å². The number of hydrogen-bond acceptors (Lipinski definition) is 28. The Bertz CT molecular complexity index is 3330. The number of nitrogens with zero attached hydrogens (tertiary/aromatic N) is 7. The van der Waals surface area contributed by atoms with Crippen LogP contribution in [0.15, 0.2) is 124 Å². The van der Waals surface area contributed by atoms with Crippen molar-refractivity contribution < 1.29 is 83.2 Å². The van der Waals surface area contributed by atoms with Gasteiger partial charge in [-0.1, -0.05) is 17.0 Å². The lowest BCUT2D eigenvalue weighted by Crippen LogP contribution is -2.05. The van der Waals surface area contributed by atoms with Gasteiger partial charge in [0.15, 0.2) is 15.6 Å². The van der Waals surface area contributed by atoms with Crippen LogP contribution in [0.4, 0.5) is 51.7 Å². The second-order valence-electron chi connectivity index (χ2n) is 13.3. The predicted molar refractivity (Wildman–Crippen MR) is 255 cm³/mol. The zero-order valence-electron chi connectivity index (χ0n) is 35.3. The van der Waals surface area contributed by atoms with E-state index in [9.17, 15) is 44.3 Å². The summed E-state index contributed by atoms with van der Waals surface area (Å²) in [6, 6.07) is 16.6. The van der Waals surface area contributed by atoms with Gasteiger partial charge in [0.25, 0.3) is 20.2 Å². The summed E-state index contributed by atoms with van der Waals surface area (Å²) in [7, 11) is -13.8. The van der Waals surface area contributed by atoms with Crippen molar-refractivity contribution in [2.24, 2.45) is 20.5 Å². The van der Waals surface area contributed by atoms with Gasteiger partial charge in [-0.2, -0.15) is 36.9 Å². The fraction of sp³-hybridized carbons (Fsp3) is 0.111. The number of hydrogen-bond donors (Lipinski definition) is 8.